The quantitative estimate of drug-likeness (QED) is 0.728. The highest BCUT2D eigenvalue weighted by Crippen LogP contribution is 2.24. The van der Waals surface area contributed by atoms with Crippen molar-refractivity contribution in [3.05, 3.63) is 65.7 Å². The van der Waals surface area contributed by atoms with Crippen LogP contribution in [0.25, 0.3) is 10.6 Å². The van der Waals surface area contributed by atoms with Crippen LogP contribution in [0.15, 0.2) is 65.0 Å². The van der Waals surface area contributed by atoms with Gasteiger partial charge < -0.3 is 5.11 Å². The van der Waals surface area contributed by atoms with Crippen molar-refractivity contribution in [3.63, 3.8) is 0 Å². The van der Waals surface area contributed by atoms with Crippen LogP contribution in [0, 0.1) is 0 Å². The molecule has 2 N–H and O–H groups in total. The molecule has 8 heteroatoms. The van der Waals surface area contributed by atoms with E-state index in [4.69, 9.17) is 5.11 Å². The van der Waals surface area contributed by atoms with Gasteiger partial charge in [0.1, 0.15) is 5.01 Å². The normalized spacial score (nSPS) is 11.2. The SMILES string of the molecule is O=C(O)c1cccc(S(=O)(=O)Nc2ccc(-c3nccs3)cc2)c1. The molecule has 0 unspecified atom stereocenters. The molecule has 0 atom stereocenters. The first-order valence-corrected chi connectivity index (χ1v) is 9.18. The summed E-state index contributed by atoms with van der Waals surface area (Å²) >= 11 is 1.49. The van der Waals surface area contributed by atoms with Gasteiger partial charge in [0, 0.05) is 22.8 Å². The third-order valence-electron chi connectivity index (χ3n) is 3.21. The van der Waals surface area contributed by atoms with Gasteiger partial charge in [-0.15, -0.1) is 11.3 Å². The van der Waals surface area contributed by atoms with Crippen LogP contribution < -0.4 is 4.72 Å². The van der Waals surface area contributed by atoms with Gasteiger partial charge >= 0.3 is 5.97 Å². The Morgan fingerprint density at radius 3 is 2.50 bits per heavy atom. The van der Waals surface area contributed by atoms with Gasteiger partial charge in [-0.25, -0.2) is 18.2 Å². The van der Waals surface area contributed by atoms with Crippen LogP contribution in [0.1, 0.15) is 10.4 Å². The van der Waals surface area contributed by atoms with E-state index in [1.165, 1.54) is 29.5 Å². The summed E-state index contributed by atoms with van der Waals surface area (Å²) in [5.41, 5.74) is 1.19. The fraction of sp³-hybridized carbons (Fsp3) is 0. The number of carboxylic acids is 1. The summed E-state index contributed by atoms with van der Waals surface area (Å²) in [4.78, 5) is 15.1. The maximum Gasteiger partial charge on any atom is 0.335 e. The molecule has 122 valence electrons. The molecule has 0 fully saturated rings. The largest absolute Gasteiger partial charge is 0.478 e. The molecule has 0 bridgehead atoms. The number of anilines is 1. The minimum Gasteiger partial charge on any atom is -0.478 e. The summed E-state index contributed by atoms with van der Waals surface area (Å²) in [7, 11) is -3.86. The van der Waals surface area contributed by atoms with Gasteiger partial charge in [-0.3, -0.25) is 4.72 Å². The van der Waals surface area contributed by atoms with Crippen molar-refractivity contribution in [1.29, 1.82) is 0 Å². The van der Waals surface area contributed by atoms with Crippen LogP contribution in [-0.2, 0) is 10.0 Å². The predicted molar refractivity (Wildman–Crippen MR) is 91.8 cm³/mol. The standard InChI is InChI=1S/C16H12N2O4S2/c19-16(20)12-2-1-3-14(10-12)24(21,22)18-13-6-4-11(5-7-13)15-17-8-9-23-15/h1-10,18H,(H,19,20). The van der Waals surface area contributed by atoms with Crippen LogP contribution in [-0.4, -0.2) is 24.5 Å². The van der Waals surface area contributed by atoms with Crippen LogP contribution in [0.3, 0.4) is 0 Å². The first-order chi connectivity index (χ1) is 11.5. The van der Waals surface area contributed by atoms with Gasteiger partial charge in [-0.05, 0) is 42.5 Å². The summed E-state index contributed by atoms with van der Waals surface area (Å²) in [6.45, 7) is 0. The monoisotopic (exact) mass is 360 g/mol. The summed E-state index contributed by atoms with van der Waals surface area (Å²) in [6, 6.07) is 12.0. The van der Waals surface area contributed by atoms with Gasteiger partial charge in [0.15, 0.2) is 0 Å². The number of thiazole rings is 1. The molecule has 0 aliphatic heterocycles. The molecule has 0 spiro atoms. The maximum absolute atomic E-state index is 12.4. The molecule has 3 rings (SSSR count). The van der Waals surface area contributed by atoms with Crippen LogP contribution in [0.4, 0.5) is 5.69 Å². The van der Waals surface area contributed by atoms with E-state index in [9.17, 15) is 13.2 Å². The summed E-state index contributed by atoms with van der Waals surface area (Å²) < 4.78 is 27.2. The Balaban J connectivity index is 1.84. The number of sulfonamides is 1. The minimum absolute atomic E-state index is 0.0861. The second-order valence-corrected chi connectivity index (χ2v) is 7.43. The van der Waals surface area contributed by atoms with Crippen LogP contribution >= 0.6 is 11.3 Å². The molecule has 1 heterocycles. The lowest BCUT2D eigenvalue weighted by Gasteiger charge is -2.09. The number of nitrogens with one attached hydrogen (secondary N) is 1. The van der Waals surface area contributed by atoms with Gasteiger partial charge in [0.2, 0.25) is 0 Å². The lowest BCUT2D eigenvalue weighted by Crippen LogP contribution is -2.13. The lowest BCUT2D eigenvalue weighted by atomic mass is 10.2. The Bertz CT molecular complexity index is 966. The molecule has 0 saturated heterocycles. The molecular formula is C16H12N2O4S2. The topological polar surface area (TPSA) is 96.4 Å². The van der Waals surface area contributed by atoms with E-state index in [2.05, 4.69) is 9.71 Å². The highest BCUT2D eigenvalue weighted by Gasteiger charge is 2.16. The van der Waals surface area contributed by atoms with Gasteiger partial charge in [0.25, 0.3) is 10.0 Å². The number of carboxylic acid groups (broad SMARTS) is 1. The number of hydrogen-bond acceptors (Lipinski definition) is 5. The lowest BCUT2D eigenvalue weighted by molar-refractivity contribution is 0.0696. The Labute approximate surface area is 142 Å². The van der Waals surface area contributed by atoms with E-state index >= 15 is 0 Å². The zero-order valence-electron chi connectivity index (χ0n) is 12.2. The number of aromatic carboxylic acids is 1. The van der Waals surface area contributed by atoms with E-state index in [0.717, 1.165) is 16.6 Å². The Kier molecular flexibility index (Phi) is 4.32. The molecule has 2 aromatic carbocycles. The van der Waals surface area contributed by atoms with E-state index in [0.29, 0.717) is 5.69 Å². The van der Waals surface area contributed by atoms with Crippen molar-refractivity contribution in [3.8, 4) is 10.6 Å². The maximum atomic E-state index is 12.4. The zero-order valence-corrected chi connectivity index (χ0v) is 13.8. The number of rotatable bonds is 5. The number of nitrogens with zero attached hydrogens (tertiary/aromatic N) is 1. The van der Waals surface area contributed by atoms with Crippen molar-refractivity contribution in [2.24, 2.45) is 0 Å². The highest BCUT2D eigenvalue weighted by atomic mass is 32.2. The zero-order chi connectivity index (χ0) is 17.2. The smallest absolute Gasteiger partial charge is 0.335 e. The van der Waals surface area contributed by atoms with E-state index in [1.807, 2.05) is 5.38 Å². The third-order valence-corrected chi connectivity index (χ3v) is 5.41. The molecule has 24 heavy (non-hydrogen) atoms. The van der Waals surface area contributed by atoms with Crippen LogP contribution in [0.2, 0.25) is 0 Å². The first-order valence-electron chi connectivity index (χ1n) is 6.82. The van der Waals surface area contributed by atoms with E-state index < -0.39 is 16.0 Å². The number of aromatic nitrogens is 1. The summed E-state index contributed by atoms with van der Waals surface area (Å²) in [6.07, 6.45) is 1.70. The molecule has 6 nitrogen and oxygen atoms in total. The highest BCUT2D eigenvalue weighted by molar-refractivity contribution is 7.92. The predicted octanol–water partition coefficient (Wildman–Crippen LogP) is 3.31. The minimum atomic E-state index is -3.86. The van der Waals surface area contributed by atoms with Crippen LogP contribution in [0.5, 0.6) is 0 Å². The number of benzene rings is 2. The number of hydrogen-bond donors (Lipinski definition) is 2. The summed E-state index contributed by atoms with van der Waals surface area (Å²) in [5, 5.41) is 11.7. The third kappa shape index (κ3) is 3.44. The fourth-order valence-electron chi connectivity index (χ4n) is 2.06. The molecular weight excluding hydrogens is 348 g/mol. The molecule has 0 aliphatic carbocycles. The second kappa shape index (κ2) is 6.42. The fourth-order valence-corrected chi connectivity index (χ4v) is 3.81. The molecule has 0 radical (unpaired) electrons. The van der Waals surface area contributed by atoms with Crippen molar-refractivity contribution in [2.75, 3.05) is 4.72 Å². The van der Waals surface area contributed by atoms with Crippen molar-refractivity contribution >= 4 is 33.0 Å². The second-order valence-electron chi connectivity index (χ2n) is 4.85. The molecule has 1 aromatic heterocycles. The van der Waals surface area contributed by atoms with Gasteiger partial charge in [0.05, 0.1) is 10.5 Å². The average molecular weight is 360 g/mol. The van der Waals surface area contributed by atoms with Crippen molar-refractivity contribution in [2.45, 2.75) is 4.90 Å². The first kappa shape index (κ1) is 16.2. The summed E-state index contributed by atoms with van der Waals surface area (Å²) in [5.74, 6) is -1.18. The van der Waals surface area contributed by atoms with E-state index in [-0.39, 0.29) is 10.5 Å². The Morgan fingerprint density at radius 2 is 1.88 bits per heavy atom. The molecule has 0 aliphatic rings. The molecule has 0 saturated carbocycles. The average Bonchev–Trinajstić information content (AvgIpc) is 3.10. The number of carbonyl (C=O) groups is 1. The van der Waals surface area contributed by atoms with Crippen molar-refractivity contribution in [1.82, 2.24) is 4.98 Å². The Morgan fingerprint density at radius 1 is 1.12 bits per heavy atom. The molecule has 0 amide bonds. The van der Waals surface area contributed by atoms with Gasteiger partial charge in [-0.2, -0.15) is 0 Å². The molecule has 3 aromatic rings. The van der Waals surface area contributed by atoms with Crippen molar-refractivity contribution < 1.29 is 18.3 Å². The van der Waals surface area contributed by atoms with Gasteiger partial charge in [-0.1, -0.05) is 6.07 Å². The Hall–Kier alpha value is -2.71. The van der Waals surface area contributed by atoms with E-state index in [1.54, 1.807) is 30.5 Å².